The standard InChI is InChI=1S/C24H38N4O4S/c1-4-21(15-16-25)28(6-3)33(30,31)27-17-9-7-8-10-18-32-23-13-11-20(12-14-23)24(26)19-22(29)5-2/h4,11-16,22,25-27,29H,1,5-10,17-19H2,2-3H3/p+2. The molecular weight excluding hydrogens is 440 g/mol. The van der Waals surface area contributed by atoms with Crippen LogP contribution in [0.4, 0.5) is 0 Å². The van der Waals surface area contributed by atoms with Crippen LogP contribution < -0.4 is 14.9 Å². The molecule has 0 aliphatic heterocycles. The predicted molar refractivity (Wildman–Crippen MR) is 133 cm³/mol. The lowest BCUT2D eigenvalue weighted by Gasteiger charge is -2.20. The summed E-state index contributed by atoms with van der Waals surface area (Å²) in [6, 6.07) is 7.56. The lowest BCUT2D eigenvalue weighted by molar-refractivity contribution is -0.501. The number of hydrogen-bond acceptors (Lipinski definition) is 5. The van der Waals surface area contributed by atoms with Crippen molar-refractivity contribution < 1.29 is 28.4 Å². The van der Waals surface area contributed by atoms with E-state index < -0.39 is 16.3 Å². The Bertz CT molecular complexity index is 882. The Labute approximate surface area is 198 Å². The van der Waals surface area contributed by atoms with E-state index in [1.165, 1.54) is 21.2 Å². The summed E-state index contributed by atoms with van der Waals surface area (Å²) in [4.78, 5) is 0. The van der Waals surface area contributed by atoms with Crippen LogP contribution in [-0.4, -0.2) is 55.6 Å². The molecule has 0 aliphatic rings. The summed E-state index contributed by atoms with van der Waals surface area (Å²) in [6.45, 7) is 8.66. The Hall–Kier alpha value is -2.49. The molecular formula is C24H40N4O4S+2. The zero-order valence-corrected chi connectivity index (χ0v) is 20.7. The summed E-state index contributed by atoms with van der Waals surface area (Å²) < 4.78 is 33.4. The number of ether oxygens (including phenoxy) is 1. The Kier molecular flexibility index (Phi) is 13.3. The van der Waals surface area contributed by atoms with Gasteiger partial charge in [0.2, 0.25) is 0 Å². The maximum atomic E-state index is 12.5. The van der Waals surface area contributed by atoms with Gasteiger partial charge in [0.1, 0.15) is 5.75 Å². The highest BCUT2D eigenvalue weighted by molar-refractivity contribution is 7.82. The number of likely N-dealkylation sites (N-methyl/N-ethyl adjacent to an activating group) is 1. The van der Waals surface area contributed by atoms with E-state index in [1.54, 1.807) is 6.92 Å². The molecule has 1 aromatic carbocycles. The fraction of sp³-hybridized carbons (Fsp3) is 0.500. The summed E-state index contributed by atoms with van der Waals surface area (Å²) in [5, 5.41) is 22.9. The van der Waals surface area contributed by atoms with Gasteiger partial charge in [-0.1, -0.05) is 13.5 Å². The normalized spacial score (nSPS) is 12.8. The van der Waals surface area contributed by atoms with Gasteiger partial charge < -0.3 is 15.3 Å². The van der Waals surface area contributed by atoms with Crippen LogP contribution in [0.5, 0.6) is 5.75 Å². The quantitative estimate of drug-likeness (QED) is 0.143. The maximum absolute atomic E-state index is 12.5. The van der Waals surface area contributed by atoms with Crippen molar-refractivity contribution in [3.05, 3.63) is 54.3 Å². The fourth-order valence-electron chi connectivity index (χ4n) is 3.24. The number of aliphatic hydroxyl groups excluding tert-OH is 1. The predicted octanol–water partition coefficient (Wildman–Crippen LogP) is 1.18. The van der Waals surface area contributed by atoms with E-state index in [1.807, 2.05) is 31.2 Å². The molecule has 1 aromatic rings. The first-order valence-corrected chi connectivity index (χ1v) is 13.0. The van der Waals surface area contributed by atoms with Gasteiger partial charge in [-0.05, 0) is 75.4 Å². The molecule has 0 fully saturated rings. The number of nitrogens with two attached hydrogens (primary N) is 2. The van der Waals surface area contributed by atoms with E-state index in [2.05, 4.69) is 6.58 Å². The molecule has 0 bridgehead atoms. The number of aliphatic hydroxyl groups is 1. The van der Waals surface area contributed by atoms with E-state index in [-0.39, 0.29) is 6.54 Å². The number of allylic oxidation sites excluding steroid dienone is 2. The Morgan fingerprint density at radius 1 is 1.24 bits per heavy atom. The molecule has 1 unspecified atom stereocenters. The number of quaternary nitrogens is 1. The van der Waals surface area contributed by atoms with Crippen LogP contribution in [0, 0.1) is 5.41 Å². The fourth-order valence-corrected chi connectivity index (χ4v) is 4.67. The highest BCUT2D eigenvalue weighted by atomic mass is 32.2. The van der Waals surface area contributed by atoms with E-state index in [0.717, 1.165) is 43.2 Å². The number of nitrogens with zero attached hydrogens (tertiary/aromatic N) is 1. The van der Waals surface area contributed by atoms with Gasteiger partial charge in [-0.2, -0.15) is 8.42 Å². The van der Waals surface area contributed by atoms with Gasteiger partial charge in [0.15, 0.2) is 5.71 Å². The molecule has 0 radical (unpaired) electrons. The number of rotatable bonds is 18. The van der Waals surface area contributed by atoms with Gasteiger partial charge in [-0.3, -0.25) is 5.41 Å². The van der Waals surface area contributed by atoms with Crippen LogP contribution in [0.1, 0.15) is 57.9 Å². The minimum Gasteiger partial charge on any atom is -0.494 e. The van der Waals surface area contributed by atoms with Crippen molar-refractivity contribution in [3.63, 3.8) is 0 Å². The highest BCUT2D eigenvalue weighted by Gasteiger charge is 2.24. The number of unbranched alkanes of at least 4 members (excludes halogenated alkanes) is 3. The zero-order valence-electron chi connectivity index (χ0n) is 19.9. The first-order chi connectivity index (χ1) is 15.8. The maximum Gasteiger partial charge on any atom is 0.393 e. The van der Waals surface area contributed by atoms with Crippen LogP contribution in [0.15, 0.2) is 48.7 Å². The molecule has 6 N–H and O–H groups in total. The molecule has 1 rings (SSSR count). The summed E-state index contributed by atoms with van der Waals surface area (Å²) in [5.74, 6) is 0.776. The third-order valence-corrected chi connectivity index (χ3v) is 6.93. The van der Waals surface area contributed by atoms with Crippen molar-refractivity contribution in [3.8, 4) is 5.75 Å². The second-order valence-corrected chi connectivity index (χ2v) is 9.51. The summed E-state index contributed by atoms with van der Waals surface area (Å²) >= 11 is 0. The summed E-state index contributed by atoms with van der Waals surface area (Å²) in [5.41, 5.74) is 1.97. The van der Waals surface area contributed by atoms with Gasteiger partial charge in [0.25, 0.3) is 0 Å². The van der Waals surface area contributed by atoms with Crippen LogP contribution in [0.2, 0.25) is 0 Å². The molecule has 0 aromatic heterocycles. The van der Waals surface area contributed by atoms with Crippen molar-refractivity contribution in [2.24, 2.45) is 0 Å². The van der Waals surface area contributed by atoms with Gasteiger partial charge in [0, 0.05) is 18.3 Å². The molecule has 0 saturated carbocycles. The summed E-state index contributed by atoms with van der Waals surface area (Å²) in [7, 11) is -3.54. The van der Waals surface area contributed by atoms with E-state index in [9.17, 15) is 13.5 Å². The third-order valence-electron chi connectivity index (χ3n) is 5.19. The largest absolute Gasteiger partial charge is 0.494 e. The summed E-state index contributed by atoms with van der Waals surface area (Å²) in [6.07, 6.45) is 8.15. The lowest BCUT2D eigenvalue weighted by atomic mass is 10.0. The van der Waals surface area contributed by atoms with Crippen molar-refractivity contribution in [2.75, 3.05) is 19.7 Å². The highest BCUT2D eigenvalue weighted by Crippen LogP contribution is 2.14. The van der Waals surface area contributed by atoms with Gasteiger partial charge in [0.05, 0.1) is 31.4 Å². The Morgan fingerprint density at radius 3 is 2.48 bits per heavy atom. The SMILES string of the molecule is C=CC(=CC=N)N(CC)S(=O)(=O)[NH2+]CCCCCCOc1ccc(C(=[NH2+])CC(O)CC)cc1. The molecule has 9 heteroatoms. The van der Waals surface area contributed by atoms with E-state index in [0.29, 0.717) is 37.4 Å². The number of hydrogen-bond donors (Lipinski definition) is 4. The van der Waals surface area contributed by atoms with Crippen molar-refractivity contribution >= 4 is 22.1 Å². The van der Waals surface area contributed by atoms with Crippen LogP contribution in [0.25, 0.3) is 0 Å². The topological polar surface area (TPSA) is 133 Å². The minimum atomic E-state index is -3.54. The smallest absolute Gasteiger partial charge is 0.393 e. The molecule has 33 heavy (non-hydrogen) atoms. The molecule has 0 amide bonds. The Balaban J connectivity index is 2.29. The average Bonchev–Trinajstić information content (AvgIpc) is 2.80. The van der Waals surface area contributed by atoms with E-state index in [4.69, 9.17) is 15.6 Å². The molecule has 0 aliphatic carbocycles. The van der Waals surface area contributed by atoms with Gasteiger partial charge in [-0.25, -0.2) is 9.03 Å². The second-order valence-electron chi connectivity index (χ2n) is 7.71. The van der Waals surface area contributed by atoms with E-state index >= 15 is 0 Å². The zero-order chi connectivity index (χ0) is 24.7. The van der Waals surface area contributed by atoms with Crippen molar-refractivity contribution in [2.45, 2.75) is 58.5 Å². The monoisotopic (exact) mass is 480 g/mol. The van der Waals surface area contributed by atoms with Gasteiger partial charge >= 0.3 is 10.2 Å². The lowest BCUT2D eigenvalue weighted by Crippen LogP contribution is -2.90. The molecule has 1 atom stereocenters. The average molecular weight is 481 g/mol. The second kappa shape index (κ2) is 15.4. The molecule has 0 saturated heterocycles. The third kappa shape index (κ3) is 10.3. The molecule has 0 spiro atoms. The van der Waals surface area contributed by atoms with Gasteiger partial charge in [-0.15, -0.1) is 0 Å². The minimum absolute atomic E-state index is 0.286. The molecule has 8 nitrogen and oxygen atoms in total. The first-order valence-electron chi connectivity index (χ1n) is 11.5. The first kappa shape index (κ1) is 28.5. The van der Waals surface area contributed by atoms with Crippen molar-refractivity contribution in [1.29, 1.82) is 5.41 Å². The van der Waals surface area contributed by atoms with Crippen LogP contribution in [-0.2, 0) is 10.2 Å². The molecule has 0 heterocycles. The molecule has 184 valence electrons. The van der Waals surface area contributed by atoms with Crippen molar-refractivity contribution in [1.82, 2.24) is 4.31 Å². The van der Waals surface area contributed by atoms with Crippen LogP contribution >= 0.6 is 0 Å². The number of nitrogens with one attached hydrogen (secondary N) is 1. The Morgan fingerprint density at radius 2 is 1.91 bits per heavy atom. The van der Waals surface area contributed by atoms with Crippen LogP contribution in [0.3, 0.4) is 0 Å². The number of benzene rings is 1.